The lowest BCUT2D eigenvalue weighted by molar-refractivity contribution is -0.159. The molecule has 0 heterocycles. The van der Waals surface area contributed by atoms with Crippen LogP contribution in [0.1, 0.15) is 71.6 Å². The van der Waals surface area contributed by atoms with E-state index in [4.69, 9.17) is 15.2 Å². The first-order valence-corrected chi connectivity index (χ1v) is 15.0. The number of carbonyl (C=O) groups excluding carboxylic acids is 5. The van der Waals surface area contributed by atoms with Crippen molar-refractivity contribution in [3.63, 3.8) is 0 Å². The molecule has 0 bridgehead atoms. The zero-order valence-electron chi connectivity index (χ0n) is 27.4. The van der Waals surface area contributed by atoms with E-state index >= 15 is 0 Å². The second kappa shape index (κ2) is 16.4. The SMILES string of the molecule is C=CCN(C(=O)C(CCC(N)=O)NC(=O)OC(C)(C)C)C(C(=O)NC(Cc1ccccc1)C(=O)OC(C)(C)C)c1ccc(O)cc1. The Morgan fingerprint density at radius 1 is 0.891 bits per heavy atom. The zero-order valence-corrected chi connectivity index (χ0v) is 27.4. The molecule has 0 saturated heterocycles. The van der Waals surface area contributed by atoms with Crippen molar-refractivity contribution in [2.75, 3.05) is 6.54 Å². The van der Waals surface area contributed by atoms with Gasteiger partial charge < -0.3 is 35.8 Å². The average Bonchev–Trinajstić information content (AvgIpc) is 2.94. The molecule has 0 saturated carbocycles. The third-order valence-corrected chi connectivity index (χ3v) is 6.34. The van der Waals surface area contributed by atoms with Crippen molar-refractivity contribution in [2.45, 2.75) is 90.1 Å². The van der Waals surface area contributed by atoms with E-state index in [1.54, 1.807) is 65.8 Å². The fourth-order valence-electron chi connectivity index (χ4n) is 4.45. The number of hydrogen-bond donors (Lipinski definition) is 4. The molecule has 3 atom stereocenters. The summed E-state index contributed by atoms with van der Waals surface area (Å²) in [7, 11) is 0. The number of nitrogens with zero attached hydrogens (tertiary/aromatic N) is 1. The van der Waals surface area contributed by atoms with Crippen molar-refractivity contribution in [3.05, 3.63) is 78.4 Å². The van der Waals surface area contributed by atoms with Crippen LogP contribution in [0.25, 0.3) is 0 Å². The van der Waals surface area contributed by atoms with Crippen LogP contribution in [0.3, 0.4) is 0 Å². The third-order valence-electron chi connectivity index (χ3n) is 6.34. The summed E-state index contributed by atoms with van der Waals surface area (Å²) in [4.78, 5) is 67.3. The van der Waals surface area contributed by atoms with Gasteiger partial charge in [-0.2, -0.15) is 0 Å². The maximum atomic E-state index is 14.2. The molecule has 2 aromatic carbocycles. The van der Waals surface area contributed by atoms with Gasteiger partial charge >= 0.3 is 12.1 Å². The molecule has 0 radical (unpaired) electrons. The molecule has 0 fully saturated rings. The molecule has 46 heavy (non-hydrogen) atoms. The molecular formula is C34H46N4O8. The molecule has 4 amide bonds. The third kappa shape index (κ3) is 12.6. The van der Waals surface area contributed by atoms with Crippen LogP contribution in [0.5, 0.6) is 5.75 Å². The molecule has 3 unspecified atom stereocenters. The van der Waals surface area contributed by atoms with Crippen LogP contribution in [0.2, 0.25) is 0 Å². The molecule has 0 aromatic heterocycles. The van der Waals surface area contributed by atoms with Gasteiger partial charge in [-0.1, -0.05) is 48.5 Å². The van der Waals surface area contributed by atoms with Crippen molar-refractivity contribution in [1.82, 2.24) is 15.5 Å². The number of aromatic hydroxyl groups is 1. The van der Waals surface area contributed by atoms with Gasteiger partial charge in [-0.05, 0) is 71.2 Å². The van der Waals surface area contributed by atoms with Crippen LogP contribution in [0, 0.1) is 0 Å². The molecule has 5 N–H and O–H groups in total. The maximum absolute atomic E-state index is 14.2. The molecule has 0 spiro atoms. The Labute approximate surface area is 270 Å². The summed E-state index contributed by atoms with van der Waals surface area (Å²) in [6.07, 6.45) is 0.154. The highest BCUT2D eigenvalue weighted by molar-refractivity contribution is 5.94. The monoisotopic (exact) mass is 638 g/mol. The Hall–Kier alpha value is -4.87. The molecule has 2 rings (SSSR count). The first kappa shape index (κ1) is 37.3. The molecule has 0 aliphatic carbocycles. The first-order chi connectivity index (χ1) is 21.4. The number of carbonyl (C=O) groups is 5. The number of esters is 1. The predicted octanol–water partition coefficient (Wildman–Crippen LogP) is 3.68. The van der Waals surface area contributed by atoms with Gasteiger partial charge in [-0.25, -0.2) is 9.59 Å². The van der Waals surface area contributed by atoms with Crippen molar-refractivity contribution >= 4 is 29.8 Å². The number of primary amides is 1. The lowest BCUT2D eigenvalue weighted by Crippen LogP contribution is -2.55. The minimum atomic E-state index is -1.37. The number of ether oxygens (including phenoxy) is 2. The molecule has 0 aliphatic rings. The van der Waals surface area contributed by atoms with E-state index in [0.29, 0.717) is 5.56 Å². The van der Waals surface area contributed by atoms with Crippen molar-refractivity contribution in [3.8, 4) is 5.75 Å². The number of rotatable bonds is 14. The standard InChI is InChI=1S/C34H46N4O8/c1-8-20-38(30(42)25(18-19-27(35)40)37-32(44)46-34(5,6)7)28(23-14-16-24(39)17-15-23)29(41)36-26(31(43)45-33(2,3)4)21-22-12-10-9-11-13-22/h8-17,25-26,28,39H,1,18-21H2,2-7H3,(H2,35,40)(H,36,41)(H,37,44). The summed E-state index contributed by atoms with van der Waals surface area (Å²) in [6.45, 7) is 13.6. The largest absolute Gasteiger partial charge is 0.508 e. The fraction of sp³-hybridized carbons (Fsp3) is 0.441. The number of phenols is 1. The lowest BCUT2D eigenvalue weighted by Gasteiger charge is -2.34. The van der Waals surface area contributed by atoms with E-state index in [0.717, 1.165) is 10.5 Å². The van der Waals surface area contributed by atoms with E-state index in [9.17, 15) is 29.1 Å². The quantitative estimate of drug-likeness (QED) is 0.179. The van der Waals surface area contributed by atoms with E-state index in [2.05, 4.69) is 17.2 Å². The van der Waals surface area contributed by atoms with Crippen LogP contribution in [-0.2, 0) is 35.1 Å². The topological polar surface area (TPSA) is 177 Å². The number of benzene rings is 2. The zero-order chi connectivity index (χ0) is 34.7. The lowest BCUT2D eigenvalue weighted by atomic mass is 10.00. The van der Waals surface area contributed by atoms with Gasteiger partial charge in [0, 0.05) is 19.4 Å². The molecule has 2 aromatic rings. The van der Waals surface area contributed by atoms with E-state index in [-0.39, 0.29) is 31.6 Å². The van der Waals surface area contributed by atoms with Crippen molar-refractivity contribution < 1.29 is 38.6 Å². The highest BCUT2D eigenvalue weighted by atomic mass is 16.6. The van der Waals surface area contributed by atoms with Crippen LogP contribution in [0.4, 0.5) is 4.79 Å². The van der Waals surface area contributed by atoms with E-state index in [1.165, 1.54) is 30.3 Å². The van der Waals surface area contributed by atoms with Crippen molar-refractivity contribution in [2.24, 2.45) is 5.73 Å². The number of amides is 4. The summed E-state index contributed by atoms with van der Waals surface area (Å²) in [5, 5.41) is 15.2. The van der Waals surface area contributed by atoms with Crippen LogP contribution in [0.15, 0.2) is 67.3 Å². The van der Waals surface area contributed by atoms with Gasteiger partial charge in [-0.3, -0.25) is 14.4 Å². The fourth-order valence-corrected chi connectivity index (χ4v) is 4.45. The Bertz CT molecular complexity index is 1360. The Balaban J connectivity index is 2.58. The van der Waals surface area contributed by atoms with Gasteiger partial charge in [0.1, 0.15) is 35.1 Å². The van der Waals surface area contributed by atoms with E-state index < -0.39 is 59.1 Å². The first-order valence-electron chi connectivity index (χ1n) is 15.0. The van der Waals surface area contributed by atoms with Gasteiger partial charge in [0.25, 0.3) is 0 Å². The maximum Gasteiger partial charge on any atom is 0.408 e. The summed E-state index contributed by atoms with van der Waals surface area (Å²) < 4.78 is 10.9. The predicted molar refractivity (Wildman–Crippen MR) is 172 cm³/mol. The molecule has 12 nitrogen and oxygen atoms in total. The van der Waals surface area contributed by atoms with Gasteiger partial charge in [0.15, 0.2) is 0 Å². The number of nitrogens with one attached hydrogen (secondary N) is 2. The second-order valence-corrected chi connectivity index (χ2v) is 12.8. The summed E-state index contributed by atoms with van der Waals surface area (Å²) in [5.74, 6) is -2.93. The van der Waals surface area contributed by atoms with Gasteiger partial charge in [0.2, 0.25) is 17.7 Å². The summed E-state index contributed by atoms with van der Waals surface area (Å²) in [5.41, 5.74) is 4.67. The van der Waals surface area contributed by atoms with Gasteiger partial charge in [0.05, 0.1) is 0 Å². The normalized spacial score (nSPS) is 13.3. The number of nitrogens with two attached hydrogens (primary N) is 1. The highest BCUT2D eigenvalue weighted by Gasteiger charge is 2.38. The summed E-state index contributed by atoms with van der Waals surface area (Å²) in [6, 6.07) is 10.8. The minimum absolute atomic E-state index is 0.0776. The van der Waals surface area contributed by atoms with Crippen LogP contribution in [-0.4, -0.2) is 69.6 Å². The van der Waals surface area contributed by atoms with E-state index in [1.807, 2.05) is 6.07 Å². The minimum Gasteiger partial charge on any atom is -0.508 e. The molecule has 250 valence electrons. The smallest absolute Gasteiger partial charge is 0.408 e. The van der Waals surface area contributed by atoms with Crippen LogP contribution < -0.4 is 16.4 Å². The summed E-state index contributed by atoms with van der Waals surface area (Å²) >= 11 is 0. The number of phenolic OH excluding ortho intramolecular Hbond substituents is 1. The Morgan fingerprint density at radius 3 is 2.00 bits per heavy atom. The number of alkyl carbamates (subject to hydrolysis) is 1. The van der Waals surface area contributed by atoms with Crippen LogP contribution >= 0.6 is 0 Å². The average molecular weight is 639 g/mol. The number of hydrogen-bond acceptors (Lipinski definition) is 8. The molecular weight excluding hydrogens is 592 g/mol. The Kier molecular flexibility index (Phi) is 13.3. The highest BCUT2D eigenvalue weighted by Crippen LogP contribution is 2.26. The molecule has 12 heteroatoms. The van der Waals surface area contributed by atoms with Gasteiger partial charge in [-0.15, -0.1) is 6.58 Å². The Morgan fingerprint density at radius 2 is 1.48 bits per heavy atom. The second-order valence-electron chi connectivity index (χ2n) is 12.8. The molecule has 0 aliphatic heterocycles. The van der Waals surface area contributed by atoms with Crippen molar-refractivity contribution in [1.29, 1.82) is 0 Å².